The Morgan fingerprint density at radius 1 is 1.06 bits per heavy atom. The molecule has 0 spiro atoms. The number of rotatable bonds is 5. The van der Waals surface area contributed by atoms with Crippen molar-refractivity contribution >= 4 is 7.60 Å². The smallest absolute Gasteiger partial charge is 0.311 e. The van der Waals surface area contributed by atoms with Gasteiger partial charge in [-0.15, -0.1) is 0 Å². The monoisotopic (exact) mass is 249 g/mol. The molecule has 0 N–H and O–H groups in total. The van der Waals surface area contributed by atoms with Crippen LogP contribution in [0.5, 0.6) is 0 Å². The summed E-state index contributed by atoms with van der Waals surface area (Å²) in [6.07, 6.45) is 3.62. The van der Waals surface area contributed by atoms with Crippen molar-refractivity contribution in [2.24, 2.45) is 5.92 Å². The van der Waals surface area contributed by atoms with Gasteiger partial charge in [0.1, 0.15) is 5.78 Å². The van der Waals surface area contributed by atoms with E-state index in [1.165, 1.54) is 33.5 Å². The molecule has 0 radical (unpaired) electrons. The Kier molecular flexibility index (Phi) is 5.45. The summed E-state index contributed by atoms with van der Waals surface area (Å²) in [4.78, 5) is 2.27. The van der Waals surface area contributed by atoms with Crippen LogP contribution in [0.3, 0.4) is 0 Å². The normalized spacial score (nSPS) is 21.3. The Morgan fingerprint density at radius 3 is 1.94 bits per heavy atom. The van der Waals surface area contributed by atoms with Crippen molar-refractivity contribution in [2.75, 3.05) is 27.3 Å². The van der Waals surface area contributed by atoms with E-state index in [0.29, 0.717) is 0 Å². The minimum atomic E-state index is -2.99. The van der Waals surface area contributed by atoms with Gasteiger partial charge in [-0.3, -0.25) is 9.46 Å². The van der Waals surface area contributed by atoms with Crippen LogP contribution in [0, 0.1) is 5.92 Å². The fraction of sp³-hybridized carbons (Fsp3) is 1.00. The van der Waals surface area contributed by atoms with E-state index in [2.05, 4.69) is 18.7 Å². The third-order valence-electron chi connectivity index (χ3n) is 3.19. The van der Waals surface area contributed by atoms with E-state index in [9.17, 15) is 4.57 Å². The molecule has 5 heteroatoms. The van der Waals surface area contributed by atoms with Gasteiger partial charge < -0.3 is 9.05 Å². The summed E-state index contributed by atoms with van der Waals surface area (Å²) < 4.78 is 22.8. The van der Waals surface area contributed by atoms with Crippen LogP contribution in [0.2, 0.25) is 0 Å². The summed E-state index contributed by atoms with van der Waals surface area (Å²) >= 11 is 0. The number of nitrogens with zero attached hydrogens (tertiary/aromatic N) is 1. The van der Waals surface area contributed by atoms with Gasteiger partial charge >= 0.3 is 7.60 Å². The Labute approximate surface area is 98.8 Å². The molecule has 1 atom stereocenters. The zero-order valence-electron chi connectivity index (χ0n) is 10.8. The molecule has 1 saturated heterocycles. The molecule has 4 nitrogen and oxygen atoms in total. The lowest BCUT2D eigenvalue weighted by Crippen LogP contribution is -2.42. The molecule has 1 heterocycles. The lowest BCUT2D eigenvalue weighted by atomic mass is 10.1. The molecule has 0 aromatic heterocycles. The van der Waals surface area contributed by atoms with E-state index in [4.69, 9.17) is 9.05 Å². The van der Waals surface area contributed by atoms with Crippen molar-refractivity contribution in [1.29, 1.82) is 0 Å². The van der Waals surface area contributed by atoms with Crippen LogP contribution < -0.4 is 0 Å². The van der Waals surface area contributed by atoms with Crippen LogP contribution >= 0.6 is 7.60 Å². The molecule has 16 heavy (non-hydrogen) atoms. The lowest BCUT2D eigenvalue weighted by molar-refractivity contribution is 0.139. The van der Waals surface area contributed by atoms with Crippen LogP contribution in [-0.4, -0.2) is 38.0 Å². The Morgan fingerprint density at radius 2 is 1.56 bits per heavy atom. The van der Waals surface area contributed by atoms with Crippen LogP contribution in [0.15, 0.2) is 0 Å². The number of hydrogen-bond acceptors (Lipinski definition) is 4. The van der Waals surface area contributed by atoms with Gasteiger partial charge in [0.05, 0.1) is 0 Å². The van der Waals surface area contributed by atoms with Gasteiger partial charge in [0, 0.05) is 14.2 Å². The van der Waals surface area contributed by atoms with Crippen molar-refractivity contribution in [3.63, 3.8) is 0 Å². The lowest BCUT2D eigenvalue weighted by Gasteiger charge is -2.39. The van der Waals surface area contributed by atoms with Crippen LogP contribution in [0.4, 0.5) is 0 Å². The highest BCUT2D eigenvalue weighted by atomic mass is 31.2. The van der Waals surface area contributed by atoms with E-state index in [1.54, 1.807) is 0 Å². The van der Waals surface area contributed by atoms with E-state index >= 15 is 0 Å². The summed E-state index contributed by atoms with van der Waals surface area (Å²) in [5, 5.41) is 0. The highest BCUT2D eigenvalue weighted by Crippen LogP contribution is 2.55. The Hall–Kier alpha value is 0.110. The van der Waals surface area contributed by atoms with Gasteiger partial charge in [-0.2, -0.15) is 0 Å². The minimum Gasteiger partial charge on any atom is -0.311 e. The van der Waals surface area contributed by atoms with E-state index < -0.39 is 7.60 Å². The molecule has 0 amide bonds. The second-order valence-electron chi connectivity index (χ2n) is 4.66. The molecule has 96 valence electrons. The highest BCUT2D eigenvalue weighted by molar-refractivity contribution is 7.54. The molecule has 1 rings (SSSR count). The summed E-state index contributed by atoms with van der Waals surface area (Å²) in [6, 6.07) is 0. The standard InChI is InChI=1S/C11H24NO3P/c1-10(2)11(16(13,14-3)15-4)12-8-6-5-7-9-12/h10-11H,5-9H2,1-4H3. The van der Waals surface area contributed by atoms with Crippen LogP contribution in [0.25, 0.3) is 0 Å². The zero-order valence-corrected chi connectivity index (χ0v) is 11.7. The fourth-order valence-corrected chi connectivity index (χ4v) is 4.40. The topological polar surface area (TPSA) is 38.8 Å². The average Bonchev–Trinajstić information content (AvgIpc) is 2.30. The SMILES string of the molecule is COP(=O)(OC)C(C(C)C)N1CCCCC1. The van der Waals surface area contributed by atoms with Gasteiger partial charge in [0.25, 0.3) is 0 Å². The second kappa shape index (κ2) is 6.15. The molecule has 1 aliphatic rings. The quantitative estimate of drug-likeness (QED) is 0.702. The first-order valence-corrected chi connectivity index (χ1v) is 7.61. The van der Waals surface area contributed by atoms with E-state index in [0.717, 1.165) is 13.1 Å². The molecule has 0 aromatic carbocycles. The van der Waals surface area contributed by atoms with Crippen molar-refractivity contribution in [1.82, 2.24) is 4.90 Å². The van der Waals surface area contributed by atoms with Crippen molar-refractivity contribution in [3.05, 3.63) is 0 Å². The van der Waals surface area contributed by atoms with Gasteiger partial charge in [0.15, 0.2) is 0 Å². The first kappa shape index (κ1) is 14.2. The largest absolute Gasteiger partial charge is 0.347 e. The predicted molar refractivity (Wildman–Crippen MR) is 65.7 cm³/mol. The molecule has 1 fully saturated rings. The predicted octanol–water partition coefficient (Wildman–Crippen LogP) is 2.94. The number of piperidine rings is 1. The first-order valence-electron chi connectivity index (χ1n) is 6.00. The van der Waals surface area contributed by atoms with E-state index in [-0.39, 0.29) is 11.7 Å². The molecule has 0 aliphatic carbocycles. The van der Waals surface area contributed by atoms with Gasteiger partial charge in [-0.1, -0.05) is 20.3 Å². The first-order chi connectivity index (χ1) is 7.55. The summed E-state index contributed by atoms with van der Waals surface area (Å²) in [7, 11) is -0.0384. The van der Waals surface area contributed by atoms with Crippen LogP contribution in [-0.2, 0) is 13.6 Å². The maximum atomic E-state index is 12.5. The zero-order chi connectivity index (χ0) is 12.2. The van der Waals surface area contributed by atoms with Gasteiger partial charge in [-0.05, 0) is 31.8 Å². The molecule has 0 aromatic rings. The van der Waals surface area contributed by atoms with Crippen molar-refractivity contribution < 1.29 is 13.6 Å². The van der Waals surface area contributed by atoms with Crippen molar-refractivity contribution in [2.45, 2.75) is 38.9 Å². The maximum Gasteiger partial charge on any atom is 0.347 e. The Bertz CT molecular complexity index is 244. The summed E-state index contributed by atoms with van der Waals surface area (Å²) in [6.45, 7) is 6.15. The van der Waals surface area contributed by atoms with E-state index in [1.807, 2.05) is 0 Å². The molecular weight excluding hydrogens is 225 g/mol. The molecule has 0 saturated carbocycles. The molecule has 1 unspecified atom stereocenters. The fourth-order valence-electron chi connectivity index (χ4n) is 2.46. The summed E-state index contributed by atoms with van der Waals surface area (Å²) in [5.74, 6) is 0.159. The Balaban J connectivity index is 2.84. The average molecular weight is 249 g/mol. The number of hydrogen-bond donors (Lipinski definition) is 0. The third-order valence-corrected chi connectivity index (χ3v) is 5.78. The van der Waals surface area contributed by atoms with Gasteiger partial charge in [0.2, 0.25) is 0 Å². The summed E-state index contributed by atoms with van der Waals surface area (Å²) in [5.41, 5.74) is 0. The third kappa shape index (κ3) is 3.07. The van der Waals surface area contributed by atoms with Crippen LogP contribution in [0.1, 0.15) is 33.1 Å². The van der Waals surface area contributed by atoms with Gasteiger partial charge in [-0.25, -0.2) is 0 Å². The molecular formula is C11H24NO3P. The highest BCUT2D eigenvalue weighted by Gasteiger charge is 2.40. The molecule has 1 aliphatic heterocycles. The second-order valence-corrected chi connectivity index (χ2v) is 7.00. The molecule has 0 bridgehead atoms. The maximum absolute atomic E-state index is 12.5. The number of likely N-dealkylation sites (tertiary alicyclic amines) is 1. The minimum absolute atomic E-state index is 0.109. The van der Waals surface area contributed by atoms with Crippen molar-refractivity contribution in [3.8, 4) is 0 Å².